The van der Waals surface area contributed by atoms with E-state index in [4.69, 9.17) is 9.47 Å². The van der Waals surface area contributed by atoms with E-state index in [0.29, 0.717) is 29.0 Å². The number of aromatic nitrogens is 3. The Hall–Kier alpha value is -3.21. The fourth-order valence-corrected chi connectivity index (χ4v) is 3.85. The van der Waals surface area contributed by atoms with Crippen LogP contribution in [-0.4, -0.2) is 33.5 Å². The highest BCUT2D eigenvalue weighted by Crippen LogP contribution is 2.27. The van der Waals surface area contributed by atoms with Crippen LogP contribution < -0.4 is 14.8 Å². The second kappa shape index (κ2) is 11.3. The summed E-state index contributed by atoms with van der Waals surface area (Å²) in [7, 11) is 1.58. The lowest BCUT2D eigenvalue weighted by Gasteiger charge is -2.18. The van der Waals surface area contributed by atoms with Gasteiger partial charge < -0.3 is 19.4 Å². The van der Waals surface area contributed by atoms with E-state index in [1.54, 1.807) is 31.4 Å². The topological polar surface area (TPSA) is 78.3 Å². The van der Waals surface area contributed by atoms with E-state index in [1.165, 1.54) is 0 Å². The standard InChI is InChI=1S/C23H25F3N4O3S/c1-13(2)11-30-22(14(3)33-16-7-5-15(32-4)6-8-16)28-29-23(30)34-12-19(31)27-18-10-9-17(24)20(25)21(18)26/h5-10,13-14H,11-12H2,1-4H3,(H,27,31). The first-order valence-corrected chi connectivity index (χ1v) is 11.5. The lowest BCUT2D eigenvalue weighted by atomic mass is 10.2. The number of halogens is 3. The van der Waals surface area contributed by atoms with Crippen molar-refractivity contribution in [2.75, 3.05) is 18.2 Å². The number of ether oxygens (including phenoxy) is 2. The zero-order valence-electron chi connectivity index (χ0n) is 19.1. The van der Waals surface area contributed by atoms with E-state index < -0.39 is 35.2 Å². The zero-order chi connectivity index (χ0) is 24.8. The molecule has 34 heavy (non-hydrogen) atoms. The number of nitrogens with one attached hydrogen (secondary N) is 1. The number of hydrogen-bond acceptors (Lipinski definition) is 6. The number of rotatable bonds is 10. The average Bonchev–Trinajstić information content (AvgIpc) is 3.20. The van der Waals surface area contributed by atoms with E-state index in [-0.39, 0.29) is 11.7 Å². The molecule has 0 aliphatic carbocycles. The first-order chi connectivity index (χ1) is 16.2. The molecule has 3 rings (SSSR count). The van der Waals surface area contributed by atoms with Crippen molar-refractivity contribution in [2.45, 2.75) is 38.6 Å². The summed E-state index contributed by atoms with van der Waals surface area (Å²) in [4.78, 5) is 12.3. The molecule has 0 aliphatic rings. The molecule has 1 N–H and O–H groups in total. The second-order valence-electron chi connectivity index (χ2n) is 7.84. The van der Waals surface area contributed by atoms with Gasteiger partial charge in [0.05, 0.1) is 18.6 Å². The van der Waals surface area contributed by atoms with Gasteiger partial charge in [-0.1, -0.05) is 25.6 Å². The molecule has 0 bridgehead atoms. The summed E-state index contributed by atoms with van der Waals surface area (Å²) in [5.74, 6) is -2.97. The van der Waals surface area contributed by atoms with Crippen LogP contribution in [0.3, 0.4) is 0 Å². The Morgan fingerprint density at radius 3 is 2.35 bits per heavy atom. The van der Waals surface area contributed by atoms with Crippen molar-refractivity contribution in [1.29, 1.82) is 0 Å². The molecule has 0 aliphatic heterocycles. The summed E-state index contributed by atoms with van der Waals surface area (Å²) in [5.41, 5.74) is -0.435. The highest BCUT2D eigenvalue weighted by atomic mass is 32.2. The molecule has 11 heteroatoms. The smallest absolute Gasteiger partial charge is 0.234 e. The van der Waals surface area contributed by atoms with Crippen LogP contribution in [0.25, 0.3) is 0 Å². The van der Waals surface area contributed by atoms with Crippen LogP contribution in [0.4, 0.5) is 18.9 Å². The predicted molar refractivity (Wildman–Crippen MR) is 123 cm³/mol. The van der Waals surface area contributed by atoms with Gasteiger partial charge in [0, 0.05) is 6.54 Å². The van der Waals surface area contributed by atoms with E-state index >= 15 is 0 Å². The first-order valence-electron chi connectivity index (χ1n) is 10.5. The average molecular weight is 495 g/mol. The van der Waals surface area contributed by atoms with Gasteiger partial charge in [-0.25, -0.2) is 13.2 Å². The Kier molecular flexibility index (Phi) is 8.43. The molecule has 1 aromatic heterocycles. The Labute approximate surface area is 199 Å². The maximum atomic E-state index is 13.8. The van der Waals surface area contributed by atoms with Gasteiger partial charge in [0.1, 0.15) is 11.5 Å². The quantitative estimate of drug-likeness (QED) is 0.307. The third kappa shape index (κ3) is 6.22. The molecule has 1 amide bonds. The maximum Gasteiger partial charge on any atom is 0.234 e. The third-order valence-electron chi connectivity index (χ3n) is 4.67. The molecule has 0 saturated heterocycles. The van der Waals surface area contributed by atoms with Crippen molar-refractivity contribution >= 4 is 23.4 Å². The Morgan fingerprint density at radius 2 is 1.71 bits per heavy atom. The van der Waals surface area contributed by atoms with Crippen LogP contribution >= 0.6 is 11.8 Å². The summed E-state index contributed by atoms with van der Waals surface area (Å²) < 4.78 is 53.3. The zero-order valence-corrected chi connectivity index (χ0v) is 20.0. The van der Waals surface area contributed by atoms with E-state index in [2.05, 4.69) is 15.5 Å². The Bertz CT molecular complexity index is 1140. The highest BCUT2D eigenvalue weighted by Gasteiger charge is 2.22. The number of hydrogen-bond donors (Lipinski definition) is 1. The monoisotopic (exact) mass is 494 g/mol. The molecular formula is C23H25F3N4O3S. The van der Waals surface area contributed by atoms with Gasteiger partial charge in [-0.2, -0.15) is 0 Å². The van der Waals surface area contributed by atoms with Gasteiger partial charge in [-0.05, 0) is 49.2 Å². The number of carbonyl (C=O) groups is 1. The molecule has 182 valence electrons. The van der Waals surface area contributed by atoms with E-state index in [0.717, 1.165) is 23.9 Å². The fraction of sp³-hybridized carbons (Fsp3) is 0.348. The Balaban J connectivity index is 1.70. The predicted octanol–water partition coefficient (Wildman–Crippen LogP) is 5.23. The first kappa shape index (κ1) is 25.4. The van der Waals surface area contributed by atoms with Crippen molar-refractivity contribution in [2.24, 2.45) is 5.92 Å². The van der Waals surface area contributed by atoms with Gasteiger partial charge in [0.25, 0.3) is 0 Å². The number of amides is 1. The van der Waals surface area contributed by atoms with Crippen molar-refractivity contribution in [1.82, 2.24) is 14.8 Å². The lowest BCUT2D eigenvalue weighted by molar-refractivity contribution is -0.113. The number of nitrogens with zero attached hydrogens (tertiary/aromatic N) is 3. The van der Waals surface area contributed by atoms with Crippen molar-refractivity contribution in [3.8, 4) is 11.5 Å². The molecule has 1 heterocycles. The van der Waals surface area contributed by atoms with Crippen LogP contribution in [0.5, 0.6) is 11.5 Å². The molecule has 0 radical (unpaired) electrons. The molecule has 1 atom stereocenters. The van der Waals surface area contributed by atoms with Crippen LogP contribution in [0.15, 0.2) is 41.6 Å². The molecule has 2 aromatic carbocycles. The van der Waals surface area contributed by atoms with Gasteiger partial charge in [-0.15, -0.1) is 10.2 Å². The number of carbonyl (C=O) groups excluding carboxylic acids is 1. The van der Waals surface area contributed by atoms with E-state index in [9.17, 15) is 18.0 Å². The third-order valence-corrected chi connectivity index (χ3v) is 5.64. The molecule has 1 unspecified atom stereocenters. The number of thioether (sulfide) groups is 1. The van der Waals surface area contributed by atoms with Crippen LogP contribution in [0.1, 0.15) is 32.7 Å². The minimum atomic E-state index is -1.64. The SMILES string of the molecule is COc1ccc(OC(C)c2nnc(SCC(=O)Nc3ccc(F)c(F)c3F)n2CC(C)C)cc1. The number of methoxy groups -OCH3 is 1. The van der Waals surface area contributed by atoms with Gasteiger partial charge in [-0.3, -0.25) is 4.79 Å². The van der Waals surface area contributed by atoms with Gasteiger partial charge in [0.15, 0.2) is 34.5 Å². The lowest BCUT2D eigenvalue weighted by Crippen LogP contribution is -2.18. The van der Waals surface area contributed by atoms with Crippen LogP contribution in [-0.2, 0) is 11.3 Å². The molecule has 3 aromatic rings. The number of benzene rings is 2. The van der Waals surface area contributed by atoms with Gasteiger partial charge >= 0.3 is 0 Å². The minimum Gasteiger partial charge on any atom is -0.497 e. The van der Waals surface area contributed by atoms with Crippen LogP contribution in [0.2, 0.25) is 0 Å². The Morgan fingerprint density at radius 1 is 1.03 bits per heavy atom. The van der Waals surface area contributed by atoms with Crippen molar-refractivity contribution in [3.63, 3.8) is 0 Å². The summed E-state index contributed by atoms with van der Waals surface area (Å²) in [6, 6.07) is 8.86. The summed E-state index contributed by atoms with van der Waals surface area (Å²) in [6.45, 7) is 6.50. The van der Waals surface area contributed by atoms with Gasteiger partial charge in [0.2, 0.25) is 5.91 Å². The molecule has 0 saturated carbocycles. The largest absolute Gasteiger partial charge is 0.497 e. The molecule has 7 nitrogen and oxygen atoms in total. The fourth-order valence-electron chi connectivity index (χ4n) is 3.09. The highest BCUT2D eigenvalue weighted by molar-refractivity contribution is 7.99. The summed E-state index contributed by atoms with van der Waals surface area (Å²) >= 11 is 1.09. The van der Waals surface area contributed by atoms with Crippen molar-refractivity contribution in [3.05, 3.63) is 59.7 Å². The molecule has 0 spiro atoms. The molecule has 0 fully saturated rings. The minimum absolute atomic E-state index is 0.137. The van der Waals surface area contributed by atoms with Crippen LogP contribution in [0, 0.1) is 23.4 Å². The second-order valence-corrected chi connectivity index (χ2v) is 8.78. The maximum absolute atomic E-state index is 13.8. The van der Waals surface area contributed by atoms with Crippen molar-refractivity contribution < 1.29 is 27.4 Å². The number of anilines is 1. The van der Waals surface area contributed by atoms with E-state index in [1.807, 2.05) is 25.3 Å². The summed E-state index contributed by atoms with van der Waals surface area (Å²) in [6.07, 6.45) is -0.431. The summed E-state index contributed by atoms with van der Waals surface area (Å²) in [5, 5.41) is 11.2. The molecular weight excluding hydrogens is 469 g/mol. The normalized spacial score (nSPS) is 12.0.